The summed E-state index contributed by atoms with van der Waals surface area (Å²) in [6.07, 6.45) is 3.79. The van der Waals surface area contributed by atoms with E-state index in [-0.39, 0.29) is 0 Å². The van der Waals surface area contributed by atoms with E-state index in [0.717, 1.165) is 5.69 Å². The van der Waals surface area contributed by atoms with Gasteiger partial charge in [-0.2, -0.15) is 5.10 Å². The minimum Gasteiger partial charge on any atom is -0.263 e. The van der Waals surface area contributed by atoms with E-state index in [0.29, 0.717) is 6.04 Å². The molecule has 0 aliphatic rings. The van der Waals surface area contributed by atoms with Crippen LogP contribution in [0.25, 0.3) is 6.08 Å². The molecule has 0 radical (unpaired) electrons. The van der Waals surface area contributed by atoms with Gasteiger partial charge in [0.1, 0.15) is 0 Å². The molecule has 1 aromatic heterocycles. The second kappa shape index (κ2) is 3.72. The Morgan fingerprint density at radius 3 is 2.91 bits per heavy atom. The quantitative estimate of drug-likeness (QED) is 0.741. The first kappa shape index (κ1) is 8.53. The van der Waals surface area contributed by atoms with Crippen LogP contribution in [-0.2, 0) is 0 Å². The second-order valence-electron chi connectivity index (χ2n) is 2.59. The Balaban J connectivity index is 2.96. The van der Waals surface area contributed by atoms with Crippen molar-refractivity contribution in [2.24, 2.45) is 0 Å². The van der Waals surface area contributed by atoms with Gasteiger partial charge in [0.15, 0.2) is 0 Å². The van der Waals surface area contributed by atoms with Crippen molar-refractivity contribution in [2.75, 3.05) is 0 Å². The molecule has 0 amide bonds. The summed E-state index contributed by atoms with van der Waals surface area (Å²) in [5, 5.41) is 4.18. The van der Waals surface area contributed by atoms with Gasteiger partial charge in [0.2, 0.25) is 0 Å². The van der Waals surface area contributed by atoms with Crippen molar-refractivity contribution < 1.29 is 0 Å². The van der Waals surface area contributed by atoms with Crippen molar-refractivity contribution in [3.05, 3.63) is 22.9 Å². The van der Waals surface area contributed by atoms with Crippen LogP contribution < -0.4 is 0 Å². The van der Waals surface area contributed by atoms with Crippen LogP contribution in [0.5, 0.6) is 0 Å². The zero-order valence-electron chi connectivity index (χ0n) is 6.66. The van der Waals surface area contributed by atoms with E-state index in [1.165, 1.54) is 0 Å². The summed E-state index contributed by atoms with van der Waals surface area (Å²) < 4.78 is 1.97. The highest BCUT2D eigenvalue weighted by atomic mass is 79.9. The molecular weight excluding hydrogens is 204 g/mol. The summed E-state index contributed by atoms with van der Waals surface area (Å²) in [4.78, 5) is 1.84. The van der Waals surface area contributed by atoms with E-state index >= 15 is 0 Å². The van der Waals surface area contributed by atoms with Crippen molar-refractivity contribution in [1.29, 1.82) is 0 Å². The Hall–Kier alpha value is -0.570. The molecule has 1 heterocycles. The summed E-state index contributed by atoms with van der Waals surface area (Å²) >= 11 is 3.23. The van der Waals surface area contributed by atoms with E-state index in [9.17, 15) is 0 Å². The zero-order valence-corrected chi connectivity index (χ0v) is 8.25. The van der Waals surface area contributed by atoms with E-state index in [1.807, 2.05) is 28.0 Å². The van der Waals surface area contributed by atoms with Gasteiger partial charge in [-0.15, -0.1) is 0 Å². The maximum Gasteiger partial charge on any atom is 0.0618 e. The van der Waals surface area contributed by atoms with Crippen molar-refractivity contribution in [1.82, 2.24) is 9.78 Å². The molecule has 0 aliphatic carbocycles. The number of rotatable bonds is 2. The smallest absolute Gasteiger partial charge is 0.0618 e. The predicted octanol–water partition coefficient (Wildman–Crippen LogP) is 2.83. The topological polar surface area (TPSA) is 17.8 Å². The highest BCUT2D eigenvalue weighted by molar-refractivity contribution is 9.11. The Morgan fingerprint density at radius 1 is 1.64 bits per heavy atom. The first-order chi connectivity index (χ1) is 5.25. The molecule has 0 aliphatic heterocycles. The molecule has 0 spiro atoms. The third-order valence-electron chi connectivity index (χ3n) is 1.42. The van der Waals surface area contributed by atoms with Crippen LogP contribution in [0, 0.1) is 0 Å². The van der Waals surface area contributed by atoms with Crippen LogP contribution in [0.15, 0.2) is 17.2 Å². The number of aromatic nitrogens is 2. The Bertz CT molecular complexity index is 250. The fraction of sp³-hybridized carbons (Fsp3) is 0.375. The molecule has 0 aromatic carbocycles. The van der Waals surface area contributed by atoms with Gasteiger partial charge in [-0.1, -0.05) is 15.9 Å². The van der Waals surface area contributed by atoms with Crippen molar-refractivity contribution in [3.8, 4) is 0 Å². The molecule has 2 nitrogen and oxygen atoms in total. The Kier molecular flexibility index (Phi) is 2.88. The molecular formula is C8H11BrN2. The van der Waals surface area contributed by atoms with Crippen molar-refractivity contribution >= 4 is 22.0 Å². The highest BCUT2D eigenvalue weighted by Gasteiger charge is 2.00. The van der Waals surface area contributed by atoms with Gasteiger partial charge in [0.05, 0.1) is 5.69 Å². The lowest BCUT2D eigenvalue weighted by atomic mass is 10.3. The Labute approximate surface area is 75.0 Å². The first-order valence-electron chi connectivity index (χ1n) is 3.56. The van der Waals surface area contributed by atoms with Crippen LogP contribution in [0.4, 0.5) is 0 Å². The van der Waals surface area contributed by atoms with Crippen molar-refractivity contribution in [3.63, 3.8) is 0 Å². The summed E-state index contributed by atoms with van der Waals surface area (Å²) in [5.74, 6) is 0. The lowest BCUT2D eigenvalue weighted by molar-refractivity contribution is 0.528. The molecule has 1 aromatic rings. The maximum atomic E-state index is 4.18. The van der Waals surface area contributed by atoms with Crippen LogP contribution in [0.2, 0.25) is 0 Å². The zero-order chi connectivity index (χ0) is 8.27. The van der Waals surface area contributed by atoms with Gasteiger partial charge < -0.3 is 0 Å². The molecule has 0 atom stereocenters. The first-order valence-corrected chi connectivity index (χ1v) is 4.47. The van der Waals surface area contributed by atoms with E-state index in [4.69, 9.17) is 0 Å². The standard InChI is InChI=1S/C8H11BrN2/c1-7(2)11-8(3-5-9)4-6-10-11/h3-7H,1-2H3/b5-3+. The third kappa shape index (κ3) is 1.93. The number of nitrogens with zero attached hydrogens (tertiary/aromatic N) is 2. The molecule has 0 saturated heterocycles. The van der Waals surface area contributed by atoms with Crippen LogP contribution in [0.3, 0.4) is 0 Å². The maximum absolute atomic E-state index is 4.18. The highest BCUT2D eigenvalue weighted by Crippen LogP contribution is 2.09. The molecule has 0 N–H and O–H groups in total. The second-order valence-corrected chi connectivity index (χ2v) is 3.12. The number of hydrogen-bond donors (Lipinski definition) is 0. The lowest BCUT2D eigenvalue weighted by Gasteiger charge is -2.06. The minimum atomic E-state index is 0.420. The fourth-order valence-electron chi connectivity index (χ4n) is 0.952. The van der Waals surface area contributed by atoms with Gasteiger partial charge in [0.25, 0.3) is 0 Å². The molecule has 1 rings (SSSR count). The van der Waals surface area contributed by atoms with Gasteiger partial charge in [-0.3, -0.25) is 4.68 Å². The summed E-state index contributed by atoms with van der Waals surface area (Å²) in [6.45, 7) is 4.22. The summed E-state index contributed by atoms with van der Waals surface area (Å²) in [7, 11) is 0. The van der Waals surface area contributed by atoms with E-state index in [2.05, 4.69) is 34.9 Å². The monoisotopic (exact) mass is 214 g/mol. The average molecular weight is 215 g/mol. The normalized spacial score (nSPS) is 11.6. The third-order valence-corrected chi connectivity index (χ3v) is 1.69. The predicted molar refractivity (Wildman–Crippen MR) is 50.6 cm³/mol. The van der Waals surface area contributed by atoms with Gasteiger partial charge in [-0.25, -0.2) is 0 Å². The SMILES string of the molecule is CC(C)n1nccc1/C=C/Br. The molecule has 0 unspecified atom stereocenters. The Morgan fingerprint density at radius 2 is 2.36 bits per heavy atom. The largest absolute Gasteiger partial charge is 0.263 e. The van der Waals surface area contributed by atoms with Crippen LogP contribution >= 0.6 is 15.9 Å². The van der Waals surface area contributed by atoms with Gasteiger partial charge in [0, 0.05) is 12.2 Å². The number of halogens is 1. The molecule has 60 valence electrons. The summed E-state index contributed by atoms with van der Waals surface area (Å²) in [6, 6.07) is 2.40. The minimum absolute atomic E-state index is 0.420. The summed E-state index contributed by atoms with van der Waals surface area (Å²) in [5.41, 5.74) is 1.12. The molecule has 11 heavy (non-hydrogen) atoms. The van der Waals surface area contributed by atoms with Crippen LogP contribution in [0.1, 0.15) is 25.6 Å². The number of hydrogen-bond acceptors (Lipinski definition) is 1. The van der Waals surface area contributed by atoms with Crippen molar-refractivity contribution in [2.45, 2.75) is 19.9 Å². The van der Waals surface area contributed by atoms with Gasteiger partial charge in [-0.05, 0) is 31.0 Å². The molecule has 0 bridgehead atoms. The molecule has 0 saturated carbocycles. The van der Waals surface area contributed by atoms with Crippen LogP contribution in [-0.4, -0.2) is 9.78 Å². The van der Waals surface area contributed by atoms with E-state index in [1.54, 1.807) is 0 Å². The fourth-order valence-corrected chi connectivity index (χ4v) is 1.22. The average Bonchev–Trinajstić information content (AvgIpc) is 2.36. The van der Waals surface area contributed by atoms with E-state index < -0.39 is 0 Å². The molecule has 3 heteroatoms. The van der Waals surface area contributed by atoms with Gasteiger partial charge >= 0.3 is 0 Å². The lowest BCUT2D eigenvalue weighted by Crippen LogP contribution is -2.03. The molecule has 0 fully saturated rings.